The Kier molecular flexibility index (Phi) is 4.36. The summed E-state index contributed by atoms with van der Waals surface area (Å²) < 4.78 is 5.04. The first kappa shape index (κ1) is 14.1. The number of aromatic nitrogens is 4. The molecular formula is C12H16N6O2. The van der Waals surface area contributed by atoms with Crippen molar-refractivity contribution < 1.29 is 9.32 Å². The van der Waals surface area contributed by atoms with E-state index in [0.717, 1.165) is 0 Å². The molecule has 0 fully saturated rings. The van der Waals surface area contributed by atoms with Gasteiger partial charge in [-0.2, -0.15) is 4.98 Å². The molecule has 0 spiro atoms. The molecule has 20 heavy (non-hydrogen) atoms. The van der Waals surface area contributed by atoms with Gasteiger partial charge in [0.15, 0.2) is 0 Å². The number of hydrogen-bond acceptors (Lipinski definition) is 7. The van der Waals surface area contributed by atoms with E-state index in [1.54, 1.807) is 18.5 Å². The Labute approximate surface area is 116 Å². The minimum Gasteiger partial charge on any atom is -0.346 e. The highest BCUT2D eigenvalue weighted by Crippen LogP contribution is 2.08. The molecule has 2 rings (SSSR count). The van der Waals surface area contributed by atoms with Crippen LogP contribution in [0, 0.1) is 0 Å². The smallest absolute Gasteiger partial charge is 0.246 e. The van der Waals surface area contributed by atoms with Crippen molar-refractivity contribution >= 4 is 5.91 Å². The predicted molar refractivity (Wildman–Crippen MR) is 70.3 cm³/mol. The molecule has 8 heteroatoms. The molecule has 0 aliphatic carbocycles. The maximum Gasteiger partial charge on any atom is 0.246 e. The van der Waals surface area contributed by atoms with Gasteiger partial charge in [0.25, 0.3) is 0 Å². The molecule has 1 atom stereocenters. The molecule has 0 bridgehead atoms. The highest BCUT2D eigenvalue weighted by Gasteiger charge is 2.16. The summed E-state index contributed by atoms with van der Waals surface area (Å²) in [7, 11) is 3.67. The summed E-state index contributed by atoms with van der Waals surface area (Å²) in [5, 5.41) is 6.50. The first-order chi connectivity index (χ1) is 9.58. The molecule has 0 aromatic carbocycles. The van der Waals surface area contributed by atoms with Gasteiger partial charge in [-0.1, -0.05) is 5.16 Å². The van der Waals surface area contributed by atoms with Gasteiger partial charge in [0.1, 0.15) is 0 Å². The fourth-order valence-corrected chi connectivity index (χ4v) is 1.38. The Morgan fingerprint density at radius 1 is 1.35 bits per heavy atom. The SMILES string of the molecule is C[C@@H](C(=O)NCc1nc(-c2ncccn2)no1)N(C)C. The van der Waals surface area contributed by atoms with Crippen molar-refractivity contribution in [3.05, 3.63) is 24.4 Å². The summed E-state index contributed by atoms with van der Waals surface area (Å²) in [6.45, 7) is 1.99. The standard InChI is InChI=1S/C12H16N6O2/c1-8(18(2)3)12(19)15-7-9-16-11(17-20-9)10-13-5-4-6-14-10/h4-6,8H,7H2,1-3H3,(H,15,19)/t8-/m0/s1. The lowest BCUT2D eigenvalue weighted by molar-refractivity contribution is -0.125. The lowest BCUT2D eigenvalue weighted by Crippen LogP contribution is -2.41. The van der Waals surface area contributed by atoms with Gasteiger partial charge in [-0.05, 0) is 27.1 Å². The molecule has 2 aromatic heterocycles. The van der Waals surface area contributed by atoms with Gasteiger partial charge in [0.05, 0.1) is 12.6 Å². The minimum atomic E-state index is -0.227. The normalized spacial score (nSPS) is 12.4. The van der Waals surface area contributed by atoms with Crippen LogP contribution in [-0.4, -0.2) is 51.1 Å². The number of nitrogens with zero attached hydrogens (tertiary/aromatic N) is 5. The quantitative estimate of drug-likeness (QED) is 0.826. The van der Waals surface area contributed by atoms with Crippen molar-refractivity contribution in [3.8, 4) is 11.6 Å². The number of carbonyl (C=O) groups is 1. The van der Waals surface area contributed by atoms with E-state index in [-0.39, 0.29) is 18.5 Å². The predicted octanol–water partition coefficient (Wildman–Crippen LogP) is 0.0929. The van der Waals surface area contributed by atoms with Crippen LogP contribution in [0.25, 0.3) is 11.6 Å². The lowest BCUT2D eigenvalue weighted by atomic mass is 10.3. The third-order valence-corrected chi connectivity index (χ3v) is 2.80. The minimum absolute atomic E-state index is 0.106. The fourth-order valence-electron chi connectivity index (χ4n) is 1.38. The van der Waals surface area contributed by atoms with Crippen LogP contribution in [0.2, 0.25) is 0 Å². The number of hydrogen-bond donors (Lipinski definition) is 1. The molecule has 0 saturated carbocycles. The molecule has 0 aliphatic rings. The van der Waals surface area contributed by atoms with E-state index >= 15 is 0 Å². The van der Waals surface area contributed by atoms with Crippen molar-refractivity contribution in [2.75, 3.05) is 14.1 Å². The van der Waals surface area contributed by atoms with Crippen LogP contribution in [0.3, 0.4) is 0 Å². The van der Waals surface area contributed by atoms with Crippen LogP contribution < -0.4 is 5.32 Å². The third-order valence-electron chi connectivity index (χ3n) is 2.80. The number of likely N-dealkylation sites (N-methyl/N-ethyl adjacent to an activating group) is 1. The number of amides is 1. The van der Waals surface area contributed by atoms with Crippen LogP contribution in [0.4, 0.5) is 0 Å². The molecule has 2 heterocycles. The van der Waals surface area contributed by atoms with Gasteiger partial charge in [-0.15, -0.1) is 0 Å². The maximum atomic E-state index is 11.8. The Hall–Kier alpha value is -2.35. The first-order valence-corrected chi connectivity index (χ1v) is 6.12. The van der Waals surface area contributed by atoms with Crippen molar-refractivity contribution in [1.82, 2.24) is 30.3 Å². The highest BCUT2D eigenvalue weighted by atomic mass is 16.5. The topological polar surface area (TPSA) is 97.0 Å². The average molecular weight is 276 g/mol. The second-order valence-electron chi connectivity index (χ2n) is 4.44. The van der Waals surface area contributed by atoms with Crippen LogP contribution in [0.5, 0.6) is 0 Å². The van der Waals surface area contributed by atoms with Gasteiger partial charge >= 0.3 is 0 Å². The second kappa shape index (κ2) is 6.20. The Bertz CT molecular complexity index is 568. The summed E-state index contributed by atoms with van der Waals surface area (Å²) in [6, 6.07) is 1.47. The van der Waals surface area contributed by atoms with E-state index in [1.165, 1.54) is 0 Å². The Morgan fingerprint density at radius 3 is 2.70 bits per heavy atom. The molecule has 106 valence electrons. The highest BCUT2D eigenvalue weighted by molar-refractivity contribution is 5.81. The zero-order chi connectivity index (χ0) is 14.5. The van der Waals surface area contributed by atoms with E-state index in [0.29, 0.717) is 17.5 Å². The lowest BCUT2D eigenvalue weighted by Gasteiger charge is -2.18. The molecular weight excluding hydrogens is 260 g/mol. The Balaban J connectivity index is 1.96. The zero-order valence-electron chi connectivity index (χ0n) is 11.6. The number of carbonyl (C=O) groups excluding carboxylic acids is 1. The summed E-state index contributed by atoms with van der Waals surface area (Å²) in [6.07, 6.45) is 3.19. The van der Waals surface area contributed by atoms with Crippen LogP contribution in [0.15, 0.2) is 23.0 Å². The van der Waals surface area contributed by atoms with Crippen molar-refractivity contribution in [2.24, 2.45) is 0 Å². The molecule has 0 unspecified atom stereocenters. The van der Waals surface area contributed by atoms with Crippen molar-refractivity contribution in [2.45, 2.75) is 19.5 Å². The molecule has 2 aromatic rings. The van der Waals surface area contributed by atoms with Crippen molar-refractivity contribution in [3.63, 3.8) is 0 Å². The van der Waals surface area contributed by atoms with Gasteiger partial charge in [-0.25, -0.2) is 9.97 Å². The number of rotatable bonds is 5. The van der Waals surface area contributed by atoms with Gasteiger partial charge in [-0.3, -0.25) is 9.69 Å². The Morgan fingerprint density at radius 2 is 2.05 bits per heavy atom. The molecule has 0 aliphatic heterocycles. The monoisotopic (exact) mass is 276 g/mol. The second-order valence-corrected chi connectivity index (χ2v) is 4.44. The van der Waals surface area contributed by atoms with E-state index in [1.807, 2.05) is 25.9 Å². The first-order valence-electron chi connectivity index (χ1n) is 6.12. The van der Waals surface area contributed by atoms with Crippen LogP contribution in [0.1, 0.15) is 12.8 Å². The molecule has 1 amide bonds. The van der Waals surface area contributed by atoms with E-state index < -0.39 is 0 Å². The maximum absolute atomic E-state index is 11.8. The summed E-state index contributed by atoms with van der Waals surface area (Å²) in [4.78, 5) is 25.7. The largest absolute Gasteiger partial charge is 0.346 e. The number of nitrogens with one attached hydrogen (secondary N) is 1. The molecule has 1 N–H and O–H groups in total. The zero-order valence-corrected chi connectivity index (χ0v) is 11.6. The summed E-state index contributed by atoms with van der Waals surface area (Å²) in [5.41, 5.74) is 0. The van der Waals surface area contributed by atoms with E-state index in [4.69, 9.17) is 4.52 Å². The average Bonchev–Trinajstić information content (AvgIpc) is 2.93. The summed E-state index contributed by atoms with van der Waals surface area (Å²) >= 11 is 0. The van der Waals surface area contributed by atoms with Gasteiger partial charge in [0.2, 0.25) is 23.4 Å². The van der Waals surface area contributed by atoms with Crippen molar-refractivity contribution in [1.29, 1.82) is 0 Å². The fraction of sp³-hybridized carbons (Fsp3) is 0.417. The van der Waals surface area contributed by atoms with Crippen LogP contribution in [-0.2, 0) is 11.3 Å². The third kappa shape index (κ3) is 3.35. The summed E-state index contributed by atoms with van der Waals surface area (Å²) in [5.74, 6) is 0.892. The molecule has 0 radical (unpaired) electrons. The molecule has 0 saturated heterocycles. The van der Waals surface area contributed by atoms with Gasteiger partial charge < -0.3 is 9.84 Å². The molecule has 8 nitrogen and oxygen atoms in total. The van der Waals surface area contributed by atoms with Gasteiger partial charge in [0, 0.05) is 12.4 Å². The van der Waals surface area contributed by atoms with Crippen LogP contribution >= 0.6 is 0 Å². The van der Waals surface area contributed by atoms with E-state index in [2.05, 4.69) is 25.4 Å². The van der Waals surface area contributed by atoms with E-state index in [9.17, 15) is 4.79 Å².